The van der Waals surface area contributed by atoms with Crippen molar-refractivity contribution in [3.8, 4) is 0 Å². The van der Waals surface area contributed by atoms with Gasteiger partial charge in [-0.15, -0.1) is 0 Å². The topological polar surface area (TPSA) is 49.3 Å². The molecule has 2 aromatic heterocycles. The Morgan fingerprint density at radius 1 is 1.09 bits per heavy atom. The number of piperazine rings is 1. The summed E-state index contributed by atoms with van der Waals surface area (Å²) in [6, 6.07) is 5.84. The fourth-order valence-corrected chi connectivity index (χ4v) is 3.15. The molecule has 3 heterocycles. The van der Waals surface area contributed by atoms with Crippen molar-refractivity contribution in [1.82, 2.24) is 19.8 Å². The summed E-state index contributed by atoms with van der Waals surface area (Å²) in [6.07, 6.45) is 7.09. The normalized spacial score (nSPS) is 15.8. The average Bonchev–Trinajstić information content (AvgIpc) is 2.56. The summed E-state index contributed by atoms with van der Waals surface area (Å²) in [5, 5.41) is 0. The van der Waals surface area contributed by atoms with Crippen LogP contribution in [0.25, 0.3) is 0 Å². The number of pyridine rings is 2. The van der Waals surface area contributed by atoms with Gasteiger partial charge >= 0.3 is 0 Å². The average molecular weight is 408 g/mol. The van der Waals surface area contributed by atoms with E-state index in [4.69, 9.17) is 0 Å². The summed E-state index contributed by atoms with van der Waals surface area (Å²) in [5.41, 5.74) is 1.96. The molecule has 114 valence electrons. The van der Waals surface area contributed by atoms with E-state index in [1.54, 1.807) is 24.7 Å². The van der Waals surface area contributed by atoms with Crippen LogP contribution in [-0.4, -0.2) is 51.9 Å². The molecule has 0 N–H and O–H groups in total. The third kappa shape index (κ3) is 3.61. The summed E-state index contributed by atoms with van der Waals surface area (Å²) < 4.78 is 0.905. The molecular weight excluding hydrogens is 391 g/mol. The summed E-state index contributed by atoms with van der Waals surface area (Å²) in [6.45, 7) is 4.20. The van der Waals surface area contributed by atoms with Crippen LogP contribution >= 0.6 is 22.6 Å². The zero-order valence-corrected chi connectivity index (χ0v) is 14.3. The predicted octanol–water partition coefficient (Wildman–Crippen LogP) is 2.04. The number of halogens is 1. The maximum atomic E-state index is 12.6. The van der Waals surface area contributed by atoms with Crippen LogP contribution in [-0.2, 0) is 6.54 Å². The Hall–Kier alpha value is -1.54. The first-order valence-corrected chi connectivity index (χ1v) is 8.32. The summed E-state index contributed by atoms with van der Waals surface area (Å²) in [5.74, 6) is 0.104. The first-order chi connectivity index (χ1) is 10.7. The van der Waals surface area contributed by atoms with Crippen LogP contribution in [0.3, 0.4) is 0 Å². The molecule has 0 aliphatic carbocycles. The quantitative estimate of drug-likeness (QED) is 0.730. The number of amides is 1. The van der Waals surface area contributed by atoms with Crippen molar-refractivity contribution in [2.75, 3.05) is 26.2 Å². The molecule has 2 aromatic rings. The molecule has 1 aliphatic heterocycles. The molecule has 1 saturated heterocycles. The molecule has 0 unspecified atom stereocenters. The summed E-state index contributed by atoms with van der Waals surface area (Å²) >= 11 is 2.16. The Labute approximate surface area is 143 Å². The van der Waals surface area contributed by atoms with E-state index >= 15 is 0 Å². The first kappa shape index (κ1) is 15.4. The van der Waals surface area contributed by atoms with E-state index in [9.17, 15) is 4.79 Å². The summed E-state index contributed by atoms with van der Waals surface area (Å²) in [4.78, 5) is 25.0. The van der Waals surface area contributed by atoms with Crippen molar-refractivity contribution in [1.29, 1.82) is 0 Å². The SMILES string of the molecule is O=C(c1ccncc1I)N1CCN(Cc2cccnc2)CC1. The van der Waals surface area contributed by atoms with Gasteiger partial charge in [0.15, 0.2) is 0 Å². The van der Waals surface area contributed by atoms with Crippen molar-refractivity contribution < 1.29 is 4.79 Å². The lowest BCUT2D eigenvalue weighted by Gasteiger charge is -2.34. The Bertz CT molecular complexity index is 642. The smallest absolute Gasteiger partial charge is 0.255 e. The highest BCUT2D eigenvalue weighted by Crippen LogP contribution is 2.15. The number of carbonyl (C=O) groups excluding carboxylic acids is 1. The Morgan fingerprint density at radius 2 is 1.86 bits per heavy atom. The molecule has 3 rings (SSSR count). The van der Waals surface area contributed by atoms with Gasteiger partial charge in [0.2, 0.25) is 0 Å². The van der Waals surface area contributed by atoms with Crippen molar-refractivity contribution in [3.63, 3.8) is 0 Å². The van der Waals surface area contributed by atoms with Gasteiger partial charge in [-0.05, 0) is 40.3 Å². The zero-order valence-electron chi connectivity index (χ0n) is 12.2. The molecule has 0 bridgehead atoms. The first-order valence-electron chi connectivity index (χ1n) is 7.24. The Morgan fingerprint density at radius 3 is 2.55 bits per heavy atom. The highest BCUT2D eigenvalue weighted by Gasteiger charge is 2.23. The molecule has 0 spiro atoms. The van der Waals surface area contributed by atoms with Gasteiger partial charge in [0.05, 0.1) is 5.56 Å². The van der Waals surface area contributed by atoms with Crippen molar-refractivity contribution in [2.45, 2.75) is 6.54 Å². The van der Waals surface area contributed by atoms with Crippen LogP contribution in [0.15, 0.2) is 43.0 Å². The van der Waals surface area contributed by atoms with E-state index in [1.807, 2.05) is 17.2 Å². The van der Waals surface area contributed by atoms with Gasteiger partial charge in [-0.1, -0.05) is 6.07 Å². The van der Waals surface area contributed by atoms with Gasteiger partial charge in [-0.25, -0.2) is 0 Å². The monoisotopic (exact) mass is 408 g/mol. The number of nitrogens with zero attached hydrogens (tertiary/aromatic N) is 4. The van der Waals surface area contributed by atoms with Crippen molar-refractivity contribution in [2.24, 2.45) is 0 Å². The van der Waals surface area contributed by atoms with Gasteiger partial charge in [-0.3, -0.25) is 19.7 Å². The molecule has 22 heavy (non-hydrogen) atoms. The molecule has 5 nitrogen and oxygen atoms in total. The highest BCUT2D eigenvalue weighted by atomic mass is 127. The lowest BCUT2D eigenvalue weighted by molar-refractivity contribution is 0.0627. The van der Waals surface area contributed by atoms with Crippen molar-refractivity contribution >= 4 is 28.5 Å². The van der Waals surface area contributed by atoms with Gasteiger partial charge in [0, 0.05) is 61.1 Å². The molecule has 1 fully saturated rings. The second kappa shape index (κ2) is 7.15. The minimum atomic E-state index is 0.104. The number of rotatable bonds is 3. The van der Waals surface area contributed by atoms with Gasteiger partial charge in [0.25, 0.3) is 5.91 Å². The van der Waals surface area contributed by atoms with E-state index < -0.39 is 0 Å². The van der Waals surface area contributed by atoms with Crippen LogP contribution in [0, 0.1) is 3.57 Å². The third-order valence-electron chi connectivity index (χ3n) is 3.79. The molecule has 6 heteroatoms. The van der Waals surface area contributed by atoms with Crippen LogP contribution in [0.1, 0.15) is 15.9 Å². The molecule has 1 aliphatic rings. The standard InChI is InChI=1S/C16H17IN4O/c17-15-11-19-5-3-14(15)16(22)21-8-6-20(7-9-21)12-13-2-1-4-18-10-13/h1-5,10-11H,6-9,12H2. The maximum Gasteiger partial charge on any atom is 0.255 e. The largest absolute Gasteiger partial charge is 0.336 e. The molecular formula is C16H17IN4O. The van der Waals surface area contributed by atoms with E-state index in [0.29, 0.717) is 0 Å². The fraction of sp³-hybridized carbons (Fsp3) is 0.312. The number of hydrogen-bond acceptors (Lipinski definition) is 4. The van der Waals surface area contributed by atoms with Crippen LogP contribution in [0.4, 0.5) is 0 Å². The summed E-state index contributed by atoms with van der Waals surface area (Å²) in [7, 11) is 0. The van der Waals surface area contributed by atoms with E-state index in [0.717, 1.165) is 41.9 Å². The lowest BCUT2D eigenvalue weighted by Crippen LogP contribution is -2.48. The number of carbonyl (C=O) groups is 1. The van der Waals surface area contributed by atoms with E-state index in [2.05, 4.69) is 43.5 Å². The molecule has 1 amide bonds. The van der Waals surface area contributed by atoms with Gasteiger partial charge in [-0.2, -0.15) is 0 Å². The van der Waals surface area contributed by atoms with Crippen LogP contribution in [0.5, 0.6) is 0 Å². The molecule has 0 aromatic carbocycles. The second-order valence-electron chi connectivity index (χ2n) is 5.29. The zero-order chi connectivity index (χ0) is 15.4. The highest BCUT2D eigenvalue weighted by molar-refractivity contribution is 14.1. The molecule has 0 atom stereocenters. The second-order valence-corrected chi connectivity index (χ2v) is 6.45. The molecule has 0 saturated carbocycles. The van der Waals surface area contributed by atoms with E-state index in [-0.39, 0.29) is 5.91 Å². The number of aromatic nitrogens is 2. The van der Waals surface area contributed by atoms with Gasteiger partial charge in [0.1, 0.15) is 0 Å². The fourth-order valence-electron chi connectivity index (χ4n) is 2.58. The minimum absolute atomic E-state index is 0.104. The molecule has 0 radical (unpaired) electrons. The minimum Gasteiger partial charge on any atom is -0.336 e. The van der Waals surface area contributed by atoms with Crippen LogP contribution < -0.4 is 0 Å². The Balaban J connectivity index is 1.58. The van der Waals surface area contributed by atoms with E-state index in [1.165, 1.54) is 5.56 Å². The third-order valence-corrected chi connectivity index (χ3v) is 4.65. The number of hydrogen-bond donors (Lipinski definition) is 0. The van der Waals surface area contributed by atoms with Crippen molar-refractivity contribution in [3.05, 3.63) is 57.7 Å². The van der Waals surface area contributed by atoms with Gasteiger partial charge < -0.3 is 4.90 Å². The van der Waals surface area contributed by atoms with Crippen LogP contribution in [0.2, 0.25) is 0 Å². The lowest BCUT2D eigenvalue weighted by atomic mass is 10.2. The maximum absolute atomic E-state index is 12.6. The Kier molecular flexibility index (Phi) is 4.99. The predicted molar refractivity (Wildman–Crippen MR) is 92.4 cm³/mol.